The predicted octanol–water partition coefficient (Wildman–Crippen LogP) is 0.791. The van der Waals surface area contributed by atoms with E-state index in [1.54, 1.807) is 6.92 Å². The van der Waals surface area contributed by atoms with E-state index in [0.717, 1.165) is 0 Å². The molecule has 1 aliphatic heterocycles. The van der Waals surface area contributed by atoms with Gasteiger partial charge in [0.05, 0.1) is 12.7 Å². The number of hydrogen-bond donors (Lipinski definition) is 1. The Balaban J connectivity index is 2.58. The molecule has 0 spiro atoms. The smallest absolute Gasteiger partial charge is 0.278 e. The first-order chi connectivity index (χ1) is 4.56. The number of hydrogen-bond acceptors (Lipinski definition) is 2. The molecular formula is C6H10F2O2. The molecule has 0 bridgehead atoms. The largest absolute Gasteiger partial charge is 0.393 e. The normalized spacial score (nSPS) is 38.4. The molecule has 60 valence electrons. The molecule has 1 heterocycles. The van der Waals surface area contributed by atoms with Crippen molar-refractivity contribution in [2.75, 3.05) is 6.61 Å². The second kappa shape index (κ2) is 2.43. The van der Waals surface area contributed by atoms with Gasteiger partial charge in [-0.3, -0.25) is 0 Å². The second-order valence-electron chi connectivity index (χ2n) is 2.58. The van der Waals surface area contributed by atoms with Crippen LogP contribution in [0.4, 0.5) is 8.78 Å². The molecule has 2 nitrogen and oxygen atoms in total. The maximum Gasteiger partial charge on any atom is 0.278 e. The second-order valence-corrected chi connectivity index (χ2v) is 2.58. The van der Waals surface area contributed by atoms with E-state index in [0.29, 0.717) is 0 Å². The van der Waals surface area contributed by atoms with Crippen LogP contribution in [-0.2, 0) is 4.74 Å². The summed E-state index contributed by atoms with van der Waals surface area (Å²) in [6, 6.07) is 0. The number of halogens is 2. The third-order valence-corrected chi connectivity index (χ3v) is 1.59. The zero-order valence-corrected chi connectivity index (χ0v) is 5.68. The minimum Gasteiger partial charge on any atom is -0.393 e. The zero-order valence-electron chi connectivity index (χ0n) is 5.68. The van der Waals surface area contributed by atoms with Crippen molar-refractivity contribution in [1.82, 2.24) is 0 Å². The van der Waals surface area contributed by atoms with Gasteiger partial charge in [-0.2, -0.15) is 0 Å². The Morgan fingerprint density at radius 2 is 2.30 bits per heavy atom. The third-order valence-electron chi connectivity index (χ3n) is 1.59. The Morgan fingerprint density at radius 3 is 2.50 bits per heavy atom. The molecule has 0 amide bonds. The Labute approximate surface area is 57.8 Å². The minimum absolute atomic E-state index is 0.280. The van der Waals surface area contributed by atoms with Crippen LogP contribution < -0.4 is 0 Å². The Kier molecular flexibility index (Phi) is 1.92. The molecular weight excluding hydrogens is 142 g/mol. The molecule has 0 aliphatic carbocycles. The van der Waals surface area contributed by atoms with Gasteiger partial charge in [-0.25, -0.2) is 8.78 Å². The Bertz CT molecular complexity index is 127. The summed E-state index contributed by atoms with van der Waals surface area (Å²) in [6.45, 7) is 0.973. The number of alkyl halides is 2. The van der Waals surface area contributed by atoms with Crippen LogP contribution in [0.5, 0.6) is 0 Å². The van der Waals surface area contributed by atoms with Gasteiger partial charge in [-0.05, 0) is 6.92 Å². The molecule has 0 unspecified atom stereocenters. The molecule has 0 aromatic rings. The maximum absolute atomic E-state index is 12.6. The monoisotopic (exact) mass is 152 g/mol. The quantitative estimate of drug-likeness (QED) is 0.602. The predicted molar refractivity (Wildman–Crippen MR) is 31.0 cm³/mol. The van der Waals surface area contributed by atoms with Crippen molar-refractivity contribution in [3.63, 3.8) is 0 Å². The van der Waals surface area contributed by atoms with Crippen molar-refractivity contribution in [3.8, 4) is 0 Å². The van der Waals surface area contributed by atoms with Crippen LogP contribution in [0.2, 0.25) is 0 Å². The molecule has 0 radical (unpaired) electrons. The lowest BCUT2D eigenvalue weighted by Gasteiger charge is -2.13. The van der Waals surface area contributed by atoms with E-state index in [-0.39, 0.29) is 6.42 Å². The van der Waals surface area contributed by atoms with E-state index in [2.05, 4.69) is 0 Å². The molecule has 0 aromatic heterocycles. The van der Waals surface area contributed by atoms with Gasteiger partial charge in [0.2, 0.25) is 0 Å². The summed E-state index contributed by atoms with van der Waals surface area (Å²) in [5.74, 6) is -2.84. The molecule has 1 N–H and O–H groups in total. The van der Waals surface area contributed by atoms with Crippen molar-refractivity contribution in [1.29, 1.82) is 0 Å². The van der Waals surface area contributed by atoms with Gasteiger partial charge < -0.3 is 9.84 Å². The summed E-state index contributed by atoms with van der Waals surface area (Å²) in [7, 11) is 0. The van der Waals surface area contributed by atoms with Crippen molar-refractivity contribution in [3.05, 3.63) is 0 Å². The molecule has 1 fully saturated rings. The topological polar surface area (TPSA) is 29.5 Å². The van der Waals surface area contributed by atoms with Gasteiger partial charge in [-0.15, -0.1) is 0 Å². The van der Waals surface area contributed by atoms with Crippen LogP contribution in [0, 0.1) is 0 Å². The fourth-order valence-electron chi connectivity index (χ4n) is 1.12. The van der Waals surface area contributed by atoms with Gasteiger partial charge in [0, 0.05) is 6.42 Å². The number of aliphatic hydroxyl groups is 1. The first kappa shape index (κ1) is 7.88. The standard InChI is InChI=1S/C6H10F2O2/c1-4-2-6(7,8)5(3-9)10-4/h4-5,9H,2-3H2,1H3/t4-,5+/m0/s1. The molecule has 0 aromatic carbocycles. The van der Waals surface area contributed by atoms with E-state index in [1.807, 2.05) is 0 Å². The lowest BCUT2D eigenvalue weighted by molar-refractivity contribution is -0.0933. The van der Waals surface area contributed by atoms with E-state index in [4.69, 9.17) is 9.84 Å². The average molecular weight is 152 g/mol. The molecule has 1 rings (SSSR count). The van der Waals surface area contributed by atoms with Crippen LogP contribution in [-0.4, -0.2) is 29.8 Å². The molecule has 1 saturated heterocycles. The first-order valence-electron chi connectivity index (χ1n) is 3.20. The average Bonchev–Trinajstić information content (AvgIpc) is 2.04. The molecule has 4 heteroatoms. The first-order valence-corrected chi connectivity index (χ1v) is 3.20. The summed E-state index contributed by atoms with van der Waals surface area (Å²) >= 11 is 0. The van der Waals surface area contributed by atoms with Crippen molar-refractivity contribution >= 4 is 0 Å². The molecule has 0 saturated carbocycles. The lowest BCUT2D eigenvalue weighted by atomic mass is 10.1. The number of ether oxygens (including phenoxy) is 1. The fraction of sp³-hybridized carbons (Fsp3) is 1.00. The number of aliphatic hydroxyl groups excluding tert-OH is 1. The van der Waals surface area contributed by atoms with Crippen molar-refractivity contribution in [2.45, 2.75) is 31.5 Å². The molecule has 2 atom stereocenters. The van der Waals surface area contributed by atoms with Gasteiger partial charge in [0.1, 0.15) is 6.10 Å². The van der Waals surface area contributed by atoms with Gasteiger partial charge in [-0.1, -0.05) is 0 Å². The van der Waals surface area contributed by atoms with Crippen molar-refractivity contribution < 1.29 is 18.6 Å². The zero-order chi connectivity index (χ0) is 7.78. The van der Waals surface area contributed by atoms with Crippen LogP contribution in [0.25, 0.3) is 0 Å². The highest BCUT2D eigenvalue weighted by Crippen LogP contribution is 2.34. The van der Waals surface area contributed by atoms with Crippen LogP contribution in [0.1, 0.15) is 13.3 Å². The highest BCUT2D eigenvalue weighted by atomic mass is 19.3. The van der Waals surface area contributed by atoms with E-state index in [1.165, 1.54) is 0 Å². The Morgan fingerprint density at radius 1 is 1.70 bits per heavy atom. The molecule has 10 heavy (non-hydrogen) atoms. The maximum atomic E-state index is 12.6. The highest BCUT2D eigenvalue weighted by molar-refractivity contribution is 4.86. The lowest BCUT2D eigenvalue weighted by Crippen LogP contribution is -2.31. The summed E-state index contributed by atoms with van der Waals surface area (Å²) < 4.78 is 29.9. The number of rotatable bonds is 1. The minimum atomic E-state index is -2.84. The Hall–Kier alpha value is -0.220. The summed E-state index contributed by atoms with van der Waals surface area (Å²) in [5, 5.41) is 8.41. The molecule has 1 aliphatic rings. The summed E-state index contributed by atoms with van der Waals surface area (Å²) in [5.41, 5.74) is 0. The third kappa shape index (κ3) is 1.27. The summed E-state index contributed by atoms with van der Waals surface area (Å²) in [6.07, 6.45) is -2.01. The van der Waals surface area contributed by atoms with Crippen LogP contribution in [0.3, 0.4) is 0 Å². The van der Waals surface area contributed by atoms with Gasteiger partial charge in [0.25, 0.3) is 5.92 Å². The van der Waals surface area contributed by atoms with E-state index in [9.17, 15) is 8.78 Å². The fourth-order valence-corrected chi connectivity index (χ4v) is 1.12. The van der Waals surface area contributed by atoms with Crippen molar-refractivity contribution in [2.24, 2.45) is 0 Å². The van der Waals surface area contributed by atoms with Crippen LogP contribution in [0.15, 0.2) is 0 Å². The van der Waals surface area contributed by atoms with Gasteiger partial charge >= 0.3 is 0 Å². The highest BCUT2D eigenvalue weighted by Gasteiger charge is 2.48. The SMILES string of the molecule is C[C@H]1CC(F)(F)[C@@H](CO)O1. The van der Waals surface area contributed by atoms with Crippen LogP contribution >= 0.6 is 0 Å². The summed E-state index contributed by atoms with van der Waals surface area (Å²) in [4.78, 5) is 0. The van der Waals surface area contributed by atoms with E-state index >= 15 is 0 Å². The van der Waals surface area contributed by atoms with E-state index < -0.39 is 24.7 Å². The van der Waals surface area contributed by atoms with Gasteiger partial charge in [0.15, 0.2) is 0 Å².